The molecular formula is C26H25F3N2O3. The Hall–Kier alpha value is -3.49. The van der Waals surface area contributed by atoms with Gasteiger partial charge in [-0.3, -0.25) is 15.1 Å². The van der Waals surface area contributed by atoms with Crippen LogP contribution >= 0.6 is 0 Å². The number of nitrogens with zero attached hydrogens (tertiary/aromatic N) is 1. The quantitative estimate of drug-likeness (QED) is 0.396. The lowest BCUT2D eigenvalue weighted by Gasteiger charge is -2.24. The molecule has 0 unspecified atom stereocenters. The monoisotopic (exact) mass is 470 g/mol. The topological polar surface area (TPSA) is 82.5 Å². The zero-order chi connectivity index (χ0) is 24.9. The van der Waals surface area contributed by atoms with Gasteiger partial charge in [-0.25, -0.2) is 0 Å². The van der Waals surface area contributed by atoms with Crippen LogP contribution in [-0.2, 0) is 17.5 Å². The fourth-order valence-corrected chi connectivity index (χ4v) is 3.43. The highest BCUT2D eigenvalue weighted by atomic mass is 19.4. The van der Waals surface area contributed by atoms with Crippen molar-refractivity contribution in [1.82, 2.24) is 10.3 Å². The molecule has 3 N–H and O–H groups in total. The Bertz CT molecular complexity index is 1190. The first-order valence-electron chi connectivity index (χ1n) is 10.5. The number of hydrogen-bond acceptors (Lipinski definition) is 4. The van der Waals surface area contributed by atoms with Crippen LogP contribution in [0.4, 0.5) is 13.2 Å². The number of aliphatic carboxylic acids is 1. The van der Waals surface area contributed by atoms with Gasteiger partial charge in [0, 0.05) is 18.3 Å². The molecule has 0 aliphatic carbocycles. The summed E-state index contributed by atoms with van der Waals surface area (Å²) in [4.78, 5) is 15.7. The fraction of sp³-hybridized carbons (Fsp3) is 0.231. The molecule has 8 heteroatoms. The van der Waals surface area contributed by atoms with Crippen LogP contribution in [-0.4, -0.2) is 33.3 Å². The van der Waals surface area contributed by atoms with E-state index in [-0.39, 0.29) is 12.1 Å². The second kappa shape index (κ2) is 10.2. The summed E-state index contributed by atoms with van der Waals surface area (Å²) in [6.45, 7) is 2.49. The van der Waals surface area contributed by atoms with E-state index < -0.39 is 29.9 Å². The Labute approximate surface area is 195 Å². The number of carboxylic acid groups (broad SMARTS) is 1. The number of carboxylic acids is 1. The maximum Gasteiger partial charge on any atom is 0.416 e. The number of hydrogen-bond donors (Lipinski definition) is 3. The van der Waals surface area contributed by atoms with E-state index in [1.165, 1.54) is 25.1 Å². The molecule has 3 aromatic rings. The van der Waals surface area contributed by atoms with Crippen molar-refractivity contribution in [1.29, 1.82) is 0 Å². The number of alkyl halides is 3. The SMILES string of the molecule is Cc1c(/C=C/c2cc(CN[C@@](C)(CO)C(=O)O)ccc2C(F)(F)F)cccc1-c1ccccn1. The minimum absolute atomic E-state index is 0.0312. The Morgan fingerprint density at radius 2 is 1.79 bits per heavy atom. The van der Waals surface area contributed by atoms with Crippen molar-refractivity contribution in [3.05, 3.63) is 88.6 Å². The van der Waals surface area contributed by atoms with E-state index in [1.54, 1.807) is 12.3 Å². The third-order valence-corrected chi connectivity index (χ3v) is 5.65. The van der Waals surface area contributed by atoms with Crippen LogP contribution in [0.2, 0.25) is 0 Å². The summed E-state index contributed by atoms with van der Waals surface area (Å²) in [5.74, 6) is -1.26. The van der Waals surface area contributed by atoms with Gasteiger partial charge in [-0.1, -0.05) is 42.5 Å². The first-order chi connectivity index (χ1) is 16.0. The number of carbonyl (C=O) groups is 1. The van der Waals surface area contributed by atoms with E-state index in [2.05, 4.69) is 10.3 Å². The standard InChI is InChI=1S/C26H25F3N2O3/c1-17-19(6-5-7-21(17)23-8-3-4-13-30-23)10-11-20-14-18(9-12-22(20)26(27,28)29)15-31-25(2,16-32)24(33)34/h3-14,31-32H,15-16H2,1-2H3,(H,33,34)/b11-10+/t25-/m0/s1. The molecule has 0 saturated heterocycles. The maximum absolute atomic E-state index is 13.6. The third kappa shape index (κ3) is 5.70. The highest BCUT2D eigenvalue weighted by molar-refractivity contribution is 5.79. The number of aliphatic hydroxyl groups excluding tert-OH is 1. The van der Waals surface area contributed by atoms with E-state index in [0.717, 1.165) is 28.5 Å². The summed E-state index contributed by atoms with van der Waals surface area (Å²) in [6, 6.07) is 14.7. The smallest absolute Gasteiger partial charge is 0.416 e. The second-order valence-electron chi connectivity index (χ2n) is 8.14. The summed E-state index contributed by atoms with van der Waals surface area (Å²) in [6.07, 6.45) is 0.146. The van der Waals surface area contributed by atoms with Gasteiger partial charge in [0.05, 0.1) is 17.9 Å². The molecule has 0 radical (unpaired) electrons. The van der Waals surface area contributed by atoms with Gasteiger partial charge >= 0.3 is 12.1 Å². The van der Waals surface area contributed by atoms with E-state index in [0.29, 0.717) is 5.56 Å². The van der Waals surface area contributed by atoms with Crippen molar-refractivity contribution in [2.75, 3.05) is 6.61 Å². The van der Waals surface area contributed by atoms with Crippen LogP contribution in [0.1, 0.15) is 34.7 Å². The lowest BCUT2D eigenvalue weighted by Crippen LogP contribution is -2.52. The van der Waals surface area contributed by atoms with Crippen molar-refractivity contribution < 1.29 is 28.2 Å². The predicted octanol–water partition coefficient (Wildman–Crippen LogP) is 5.17. The van der Waals surface area contributed by atoms with Crippen molar-refractivity contribution in [3.63, 3.8) is 0 Å². The van der Waals surface area contributed by atoms with Crippen LogP contribution in [0.3, 0.4) is 0 Å². The first kappa shape index (κ1) is 25.1. The highest BCUT2D eigenvalue weighted by Crippen LogP contribution is 2.34. The molecule has 5 nitrogen and oxygen atoms in total. The number of rotatable bonds is 8. The lowest BCUT2D eigenvalue weighted by atomic mass is 9.97. The van der Waals surface area contributed by atoms with E-state index in [9.17, 15) is 28.2 Å². The summed E-state index contributed by atoms with van der Waals surface area (Å²) in [5, 5.41) is 21.3. The molecule has 0 amide bonds. The molecule has 1 aromatic heterocycles. The minimum atomic E-state index is -4.56. The summed E-state index contributed by atoms with van der Waals surface area (Å²) >= 11 is 0. The third-order valence-electron chi connectivity index (χ3n) is 5.65. The molecule has 178 valence electrons. The number of aromatic nitrogens is 1. The lowest BCUT2D eigenvalue weighted by molar-refractivity contribution is -0.146. The van der Waals surface area contributed by atoms with Crippen molar-refractivity contribution in [2.24, 2.45) is 0 Å². The van der Waals surface area contributed by atoms with E-state index in [1.807, 2.05) is 43.3 Å². The van der Waals surface area contributed by atoms with Crippen LogP contribution in [0, 0.1) is 6.92 Å². The van der Waals surface area contributed by atoms with Gasteiger partial charge in [0.2, 0.25) is 0 Å². The van der Waals surface area contributed by atoms with Crippen molar-refractivity contribution in [2.45, 2.75) is 32.1 Å². The summed E-state index contributed by atoms with van der Waals surface area (Å²) in [7, 11) is 0. The van der Waals surface area contributed by atoms with Gasteiger partial charge in [0.1, 0.15) is 5.54 Å². The number of nitrogens with one attached hydrogen (secondary N) is 1. The van der Waals surface area contributed by atoms with Crippen LogP contribution in [0.25, 0.3) is 23.4 Å². The molecule has 0 aliphatic heterocycles. The zero-order valence-corrected chi connectivity index (χ0v) is 18.7. The number of halogens is 3. The van der Waals surface area contributed by atoms with Gasteiger partial charge in [-0.2, -0.15) is 13.2 Å². The van der Waals surface area contributed by atoms with Gasteiger partial charge in [0.25, 0.3) is 0 Å². The predicted molar refractivity (Wildman–Crippen MR) is 125 cm³/mol. The fourth-order valence-electron chi connectivity index (χ4n) is 3.43. The first-order valence-corrected chi connectivity index (χ1v) is 10.5. The zero-order valence-electron chi connectivity index (χ0n) is 18.7. The van der Waals surface area contributed by atoms with Gasteiger partial charge in [-0.15, -0.1) is 0 Å². The molecule has 1 atom stereocenters. The van der Waals surface area contributed by atoms with Crippen LogP contribution in [0.5, 0.6) is 0 Å². The summed E-state index contributed by atoms with van der Waals surface area (Å²) in [5.41, 5.74) is 1.28. The normalized spacial score (nSPS) is 13.7. The van der Waals surface area contributed by atoms with Gasteiger partial charge in [-0.05, 0) is 60.4 Å². The van der Waals surface area contributed by atoms with Crippen molar-refractivity contribution in [3.8, 4) is 11.3 Å². The van der Waals surface area contributed by atoms with Crippen molar-refractivity contribution >= 4 is 18.1 Å². The van der Waals surface area contributed by atoms with E-state index in [4.69, 9.17) is 0 Å². The maximum atomic E-state index is 13.6. The number of pyridine rings is 1. The molecule has 1 heterocycles. The second-order valence-corrected chi connectivity index (χ2v) is 8.14. The molecule has 0 saturated carbocycles. The molecule has 0 aliphatic rings. The Morgan fingerprint density at radius 3 is 2.41 bits per heavy atom. The minimum Gasteiger partial charge on any atom is -0.480 e. The van der Waals surface area contributed by atoms with Crippen LogP contribution in [0.15, 0.2) is 60.8 Å². The highest BCUT2D eigenvalue weighted by Gasteiger charge is 2.34. The molecule has 2 aromatic carbocycles. The summed E-state index contributed by atoms with van der Waals surface area (Å²) < 4.78 is 40.9. The Balaban J connectivity index is 1.95. The molecular weight excluding hydrogens is 445 g/mol. The average Bonchev–Trinajstić information content (AvgIpc) is 2.81. The largest absolute Gasteiger partial charge is 0.480 e. The van der Waals surface area contributed by atoms with Gasteiger partial charge < -0.3 is 10.2 Å². The van der Waals surface area contributed by atoms with Crippen LogP contribution < -0.4 is 5.32 Å². The molecule has 34 heavy (non-hydrogen) atoms. The molecule has 3 rings (SSSR count). The number of benzene rings is 2. The molecule has 0 spiro atoms. The Kier molecular flexibility index (Phi) is 7.54. The Morgan fingerprint density at radius 1 is 1.06 bits per heavy atom. The molecule has 0 bridgehead atoms. The molecule has 0 fully saturated rings. The van der Waals surface area contributed by atoms with Gasteiger partial charge in [0.15, 0.2) is 0 Å². The average molecular weight is 470 g/mol. The van der Waals surface area contributed by atoms with E-state index >= 15 is 0 Å². The number of aliphatic hydroxyl groups is 1.